The molecule has 3 aromatic carbocycles. The second-order valence-corrected chi connectivity index (χ2v) is 7.70. The minimum Gasteiger partial charge on any atom is -0.504 e. The molecule has 1 amide bonds. The van der Waals surface area contributed by atoms with Crippen LogP contribution in [-0.2, 0) is 14.3 Å². The Labute approximate surface area is 209 Å². The van der Waals surface area contributed by atoms with Crippen LogP contribution < -0.4 is 14.8 Å². The molecule has 0 unspecified atom stereocenters. The number of methoxy groups -OCH3 is 1. The Kier molecular flexibility index (Phi) is 9.68. The summed E-state index contributed by atoms with van der Waals surface area (Å²) in [5.74, 6) is 0.142. The van der Waals surface area contributed by atoms with Gasteiger partial charge in [0.1, 0.15) is 11.9 Å². The van der Waals surface area contributed by atoms with Gasteiger partial charge in [-0.15, -0.1) is 0 Å². The fraction of sp³-hybridized carbons (Fsp3) is 0.231. The minimum atomic E-state index is -0.967. The van der Waals surface area contributed by atoms with Crippen molar-refractivity contribution < 1.29 is 33.6 Å². The van der Waals surface area contributed by atoms with Crippen LogP contribution in [0.5, 0.6) is 17.2 Å². The van der Waals surface area contributed by atoms with Crippen LogP contribution in [-0.4, -0.2) is 42.7 Å². The number of hydrogen-bond acceptors (Lipinski definition) is 8. The summed E-state index contributed by atoms with van der Waals surface area (Å²) in [4.78, 5) is 24.4. The summed E-state index contributed by atoms with van der Waals surface area (Å²) in [7, 11) is 1.44. The lowest BCUT2D eigenvalue weighted by molar-refractivity contribution is -0.141. The van der Waals surface area contributed by atoms with Gasteiger partial charge in [-0.3, -0.25) is 10.1 Å². The molecule has 0 aliphatic rings. The number of benzene rings is 3. The molecular formula is C26H27NO7S. The van der Waals surface area contributed by atoms with Crippen LogP contribution in [0.3, 0.4) is 0 Å². The smallest absolute Gasteiger partial charge is 0.412 e. The number of carbonyl (C=O) groups is 2. The second kappa shape index (κ2) is 13.1. The highest BCUT2D eigenvalue weighted by Crippen LogP contribution is 2.34. The number of phenols is 1. The first-order chi connectivity index (χ1) is 17.0. The van der Waals surface area contributed by atoms with E-state index in [1.165, 1.54) is 13.2 Å². The average molecular weight is 498 g/mol. The van der Waals surface area contributed by atoms with E-state index in [4.69, 9.17) is 18.9 Å². The Hall–Kier alpha value is -3.85. The van der Waals surface area contributed by atoms with Crippen molar-refractivity contribution in [2.45, 2.75) is 18.6 Å². The number of hydrogen-bond donors (Lipinski definition) is 3. The van der Waals surface area contributed by atoms with Crippen LogP contribution >= 0.6 is 12.6 Å². The second-order valence-electron chi connectivity index (χ2n) is 7.38. The third kappa shape index (κ3) is 7.86. The van der Waals surface area contributed by atoms with Gasteiger partial charge in [0, 0.05) is 17.7 Å². The normalized spacial score (nSPS) is 12.2. The Morgan fingerprint density at radius 2 is 1.69 bits per heavy atom. The topological polar surface area (TPSA) is 103 Å². The largest absolute Gasteiger partial charge is 0.504 e. The molecule has 2 N–H and O–H groups in total. The Bertz CT molecular complexity index is 1100. The Morgan fingerprint density at radius 3 is 2.31 bits per heavy atom. The van der Waals surface area contributed by atoms with Crippen molar-refractivity contribution in [3.63, 3.8) is 0 Å². The third-order valence-electron chi connectivity index (χ3n) is 4.95. The van der Waals surface area contributed by atoms with E-state index in [9.17, 15) is 14.7 Å². The van der Waals surface area contributed by atoms with Gasteiger partial charge in [-0.05, 0) is 36.4 Å². The monoisotopic (exact) mass is 497 g/mol. The number of phenolic OH excluding ortho intramolecular Hbond substituents is 1. The number of anilines is 1. The van der Waals surface area contributed by atoms with Crippen molar-refractivity contribution in [2.75, 3.05) is 24.8 Å². The predicted octanol–water partition coefficient (Wildman–Crippen LogP) is 5.00. The lowest BCUT2D eigenvalue weighted by Crippen LogP contribution is -2.32. The van der Waals surface area contributed by atoms with E-state index in [1.807, 2.05) is 24.3 Å². The summed E-state index contributed by atoms with van der Waals surface area (Å²) in [5, 5.41) is 13.0. The maximum atomic E-state index is 12.8. The number of nitrogens with one attached hydrogen (secondary N) is 1. The first-order valence-electron chi connectivity index (χ1n) is 10.9. The van der Waals surface area contributed by atoms with Crippen LogP contribution in [0, 0.1) is 0 Å². The van der Waals surface area contributed by atoms with Crippen molar-refractivity contribution in [3.05, 3.63) is 84.4 Å². The summed E-state index contributed by atoms with van der Waals surface area (Å²) in [6, 6.07) is 22.5. The molecule has 0 radical (unpaired) electrons. The summed E-state index contributed by atoms with van der Waals surface area (Å²) >= 11 is 3.92. The van der Waals surface area contributed by atoms with Gasteiger partial charge in [0.2, 0.25) is 0 Å². The molecule has 0 saturated heterocycles. The maximum Gasteiger partial charge on any atom is 0.412 e. The molecule has 0 fully saturated rings. The Morgan fingerprint density at radius 1 is 1.00 bits per heavy atom. The highest BCUT2D eigenvalue weighted by molar-refractivity contribution is 7.81. The number of esters is 1. The van der Waals surface area contributed by atoms with E-state index >= 15 is 0 Å². The maximum absolute atomic E-state index is 12.8. The quantitative estimate of drug-likeness (QED) is 0.253. The number of carbonyl (C=O) groups excluding carboxylic acids is 2. The lowest BCUT2D eigenvalue weighted by atomic mass is 10.0. The third-order valence-corrected chi connectivity index (χ3v) is 5.21. The van der Waals surface area contributed by atoms with Gasteiger partial charge < -0.3 is 24.1 Å². The van der Waals surface area contributed by atoms with Crippen molar-refractivity contribution in [1.29, 1.82) is 0 Å². The fourth-order valence-electron chi connectivity index (χ4n) is 3.31. The van der Waals surface area contributed by atoms with E-state index in [2.05, 4.69) is 17.9 Å². The van der Waals surface area contributed by atoms with Gasteiger partial charge in [-0.1, -0.05) is 42.5 Å². The SMILES string of the molecule is COc1ccc([C@H](OC(=O)Nc2ccccc2)[C@H](CCOC(=O)CS)Oc2ccccc2)cc1O. The fourth-order valence-corrected chi connectivity index (χ4v) is 3.40. The summed E-state index contributed by atoms with van der Waals surface area (Å²) in [5.41, 5.74) is 1.02. The molecule has 0 aliphatic heterocycles. The van der Waals surface area contributed by atoms with Gasteiger partial charge in [0.25, 0.3) is 0 Å². The van der Waals surface area contributed by atoms with Crippen molar-refractivity contribution in [2.24, 2.45) is 0 Å². The molecule has 35 heavy (non-hydrogen) atoms. The zero-order chi connectivity index (χ0) is 25.0. The van der Waals surface area contributed by atoms with Crippen molar-refractivity contribution in [1.82, 2.24) is 0 Å². The predicted molar refractivity (Wildman–Crippen MR) is 134 cm³/mol. The number of rotatable bonds is 11. The zero-order valence-electron chi connectivity index (χ0n) is 19.1. The molecule has 9 heteroatoms. The molecule has 8 nitrogen and oxygen atoms in total. The number of para-hydroxylation sites is 2. The molecule has 184 valence electrons. The molecule has 3 aromatic rings. The van der Waals surface area contributed by atoms with Gasteiger partial charge >= 0.3 is 12.1 Å². The van der Waals surface area contributed by atoms with E-state index < -0.39 is 24.3 Å². The summed E-state index contributed by atoms with van der Waals surface area (Å²) < 4.78 is 22.3. The molecule has 0 heterocycles. The van der Waals surface area contributed by atoms with E-state index in [1.54, 1.807) is 48.5 Å². The first kappa shape index (κ1) is 25.8. The van der Waals surface area contributed by atoms with E-state index in [0.29, 0.717) is 17.0 Å². The summed E-state index contributed by atoms with van der Waals surface area (Å²) in [6.45, 7) is 0.0131. The molecule has 0 aliphatic carbocycles. The van der Waals surface area contributed by atoms with Gasteiger partial charge in [0.15, 0.2) is 17.6 Å². The van der Waals surface area contributed by atoms with Crippen LogP contribution in [0.25, 0.3) is 0 Å². The van der Waals surface area contributed by atoms with E-state index in [0.717, 1.165) is 0 Å². The van der Waals surface area contributed by atoms with Crippen molar-refractivity contribution >= 4 is 30.4 Å². The zero-order valence-corrected chi connectivity index (χ0v) is 20.0. The average Bonchev–Trinajstić information content (AvgIpc) is 2.87. The first-order valence-corrected chi connectivity index (χ1v) is 11.5. The van der Waals surface area contributed by atoms with Crippen LogP contribution in [0.2, 0.25) is 0 Å². The van der Waals surface area contributed by atoms with Gasteiger partial charge in [-0.2, -0.15) is 12.6 Å². The molecular weight excluding hydrogens is 470 g/mol. The molecule has 0 aromatic heterocycles. The van der Waals surface area contributed by atoms with Crippen LogP contribution in [0.4, 0.5) is 10.5 Å². The van der Waals surface area contributed by atoms with Gasteiger partial charge in [0.05, 0.1) is 19.5 Å². The summed E-state index contributed by atoms with van der Waals surface area (Å²) in [6.07, 6.45) is -2.25. The molecule has 0 saturated carbocycles. The number of thiol groups is 1. The minimum absolute atomic E-state index is 0.0131. The van der Waals surface area contributed by atoms with E-state index in [-0.39, 0.29) is 30.3 Å². The van der Waals surface area contributed by atoms with Crippen molar-refractivity contribution in [3.8, 4) is 17.2 Å². The lowest BCUT2D eigenvalue weighted by Gasteiger charge is -2.28. The molecule has 0 spiro atoms. The number of amides is 1. The Balaban J connectivity index is 1.90. The molecule has 0 bridgehead atoms. The van der Waals surface area contributed by atoms with Crippen LogP contribution in [0.1, 0.15) is 18.1 Å². The highest BCUT2D eigenvalue weighted by Gasteiger charge is 2.30. The molecule has 3 rings (SSSR count). The number of ether oxygens (including phenoxy) is 4. The molecule has 2 atom stereocenters. The number of aromatic hydroxyl groups is 1. The standard InChI is InChI=1S/C26H27NO7S/c1-31-22-13-12-18(16-21(22)28)25(34-26(30)27-19-8-4-2-5-9-19)23(14-15-32-24(29)17-35)33-20-10-6-3-7-11-20/h2-13,16,23,25,28,35H,14-15,17H2,1H3,(H,27,30)/t23-,25-/m0/s1. The van der Waals surface area contributed by atoms with Crippen LogP contribution in [0.15, 0.2) is 78.9 Å². The highest BCUT2D eigenvalue weighted by atomic mass is 32.1. The van der Waals surface area contributed by atoms with Gasteiger partial charge in [-0.25, -0.2) is 4.79 Å².